The summed E-state index contributed by atoms with van der Waals surface area (Å²) < 4.78 is 0. The minimum atomic E-state index is -0.274. The summed E-state index contributed by atoms with van der Waals surface area (Å²) >= 11 is 6.16. The normalized spacial score (nSPS) is 15.5. The summed E-state index contributed by atoms with van der Waals surface area (Å²) in [6.45, 7) is 5.61. The van der Waals surface area contributed by atoms with Gasteiger partial charge in [-0.15, -0.1) is 0 Å². The lowest BCUT2D eigenvalue weighted by Crippen LogP contribution is -2.34. The van der Waals surface area contributed by atoms with E-state index in [0.717, 1.165) is 52.9 Å². The smallest absolute Gasteiger partial charge is 0.247 e. The summed E-state index contributed by atoms with van der Waals surface area (Å²) in [5, 5.41) is 7.54. The molecule has 0 saturated carbocycles. The van der Waals surface area contributed by atoms with E-state index in [9.17, 15) is 4.79 Å². The summed E-state index contributed by atoms with van der Waals surface area (Å²) in [5.74, 6) is 0.138. The second-order valence-corrected chi connectivity index (χ2v) is 9.51. The van der Waals surface area contributed by atoms with Crippen LogP contribution in [-0.4, -0.2) is 64.0 Å². The molecule has 1 amide bonds. The van der Waals surface area contributed by atoms with Crippen molar-refractivity contribution in [1.82, 2.24) is 24.8 Å². The molecule has 4 heterocycles. The summed E-state index contributed by atoms with van der Waals surface area (Å²) in [4.78, 5) is 34.5. The Morgan fingerprint density at radius 3 is 2.78 bits per heavy atom. The second-order valence-electron chi connectivity index (χ2n) is 9.08. The lowest BCUT2D eigenvalue weighted by atomic mass is 10.1. The van der Waals surface area contributed by atoms with Crippen LogP contribution >= 0.6 is 11.6 Å². The number of halogens is 1. The van der Waals surface area contributed by atoms with Crippen molar-refractivity contribution in [3.63, 3.8) is 0 Å². The topological polar surface area (TPSA) is 99.2 Å². The number of anilines is 4. The highest BCUT2D eigenvalue weighted by atomic mass is 35.5. The van der Waals surface area contributed by atoms with Gasteiger partial charge in [-0.1, -0.05) is 18.2 Å². The van der Waals surface area contributed by atoms with Gasteiger partial charge in [-0.3, -0.25) is 14.8 Å². The van der Waals surface area contributed by atoms with E-state index < -0.39 is 0 Å². The largest absolute Gasteiger partial charge is 0.369 e. The zero-order valence-corrected chi connectivity index (χ0v) is 21.4. The third kappa shape index (κ3) is 5.37. The number of amides is 1. The maximum Gasteiger partial charge on any atom is 0.247 e. The molecule has 1 saturated heterocycles. The average Bonchev–Trinajstić information content (AvgIpc) is 3.34. The van der Waals surface area contributed by atoms with Crippen molar-refractivity contribution in [2.75, 3.05) is 42.7 Å². The van der Waals surface area contributed by atoms with E-state index in [0.29, 0.717) is 22.7 Å². The van der Waals surface area contributed by atoms with Crippen LogP contribution in [0.3, 0.4) is 0 Å². The number of carbonyl (C=O) groups is 1. The number of fused-ring (bicyclic) bond motifs is 1. The van der Waals surface area contributed by atoms with Crippen molar-refractivity contribution in [3.05, 3.63) is 72.9 Å². The van der Waals surface area contributed by atoms with E-state index in [1.807, 2.05) is 24.3 Å². The molecule has 9 nitrogen and oxygen atoms in total. The van der Waals surface area contributed by atoms with Crippen molar-refractivity contribution in [2.45, 2.75) is 12.5 Å². The number of hydrogen-bond donors (Lipinski definition) is 2. The van der Waals surface area contributed by atoms with Gasteiger partial charge in [0.05, 0.1) is 21.9 Å². The maximum atomic E-state index is 12.2. The minimum absolute atomic E-state index is 0.274. The predicted octanol–water partition coefficient (Wildman–Crippen LogP) is 4.75. The molecule has 1 aliphatic rings. The van der Waals surface area contributed by atoms with Crippen LogP contribution in [0.15, 0.2) is 67.9 Å². The average molecular weight is 515 g/mol. The number of likely N-dealkylation sites (tertiary alicyclic amines) is 1. The van der Waals surface area contributed by atoms with Crippen LogP contribution in [0.4, 0.5) is 23.0 Å². The number of hydrogen-bond acceptors (Lipinski definition) is 8. The van der Waals surface area contributed by atoms with Crippen LogP contribution in [0, 0.1) is 0 Å². The van der Waals surface area contributed by atoms with Crippen LogP contribution in [0.2, 0.25) is 5.02 Å². The van der Waals surface area contributed by atoms with Crippen LogP contribution in [0.5, 0.6) is 0 Å². The van der Waals surface area contributed by atoms with Crippen LogP contribution in [0.25, 0.3) is 22.0 Å². The Morgan fingerprint density at radius 1 is 1.19 bits per heavy atom. The van der Waals surface area contributed by atoms with Gasteiger partial charge in [0, 0.05) is 72.8 Å². The van der Waals surface area contributed by atoms with Crippen LogP contribution in [0.1, 0.15) is 6.42 Å². The van der Waals surface area contributed by atoms with Crippen molar-refractivity contribution < 1.29 is 4.79 Å². The van der Waals surface area contributed by atoms with Crippen molar-refractivity contribution in [3.8, 4) is 11.1 Å². The molecule has 1 aliphatic heterocycles. The molecule has 10 heteroatoms. The van der Waals surface area contributed by atoms with E-state index >= 15 is 0 Å². The van der Waals surface area contributed by atoms with Gasteiger partial charge in [0.2, 0.25) is 11.9 Å². The third-order valence-corrected chi connectivity index (χ3v) is 6.70. The Hall–Kier alpha value is -4.08. The number of aromatic nitrogens is 4. The number of benzene rings is 1. The van der Waals surface area contributed by atoms with E-state index in [2.05, 4.69) is 56.1 Å². The van der Waals surface area contributed by atoms with Crippen LogP contribution in [-0.2, 0) is 4.79 Å². The van der Waals surface area contributed by atoms with E-state index in [-0.39, 0.29) is 5.91 Å². The number of nitrogens with one attached hydrogen (secondary N) is 2. The monoisotopic (exact) mass is 514 g/mol. The number of pyridine rings is 2. The highest BCUT2D eigenvalue weighted by molar-refractivity contribution is 6.30. The van der Waals surface area contributed by atoms with Gasteiger partial charge in [-0.2, -0.15) is 0 Å². The molecular formula is C27H27ClN8O. The first kappa shape index (κ1) is 24.6. The molecule has 1 aromatic carbocycles. The molecule has 5 rings (SSSR count). The minimum Gasteiger partial charge on any atom is -0.369 e. The van der Waals surface area contributed by atoms with Crippen molar-refractivity contribution >= 4 is 51.4 Å². The molecule has 188 valence electrons. The Morgan fingerprint density at radius 2 is 2.03 bits per heavy atom. The highest BCUT2D eigenvalue weighted by Crippen LogP contribution is 2.33. The Bertz CT molecular complexity index is 1480. The van der Waals surface area contributed by atoms with E-state index in [1.54, 1.807) is 31.0 Å². The van der Waals surface area contributed by atoms with Gasteiger partial charge in [0.25, 0.3) is 0 Å². The predicted molar refractivity (Wildman–Crippen MR) is 148 cm³/mol. The molecule has 1 atom stereocenters. The summed E-state index contributed by atoms with van der Waals surface area (Å²) in [5.41, 5.74) is 4.69. The standard InChI is InChI=1S/C27H27ClN8O/c1-4-25(37)33-23-10-20(5-6-24(23)36(3)21-7-8-35(2)16-21)32-27-31-13-18-12-30-15-22(26(18)34-27)17-9-19(28)14-29-11-17/h4-6,9-15,21H,1,7-8,16H2,2-3H3,(H,33,37)(H,31,32,34). The maximum absolute atomic E-state index is 12.2. The molecule has 1 unspecified atom stereocenters. The molecule has 1 fully saturated rings. The van der Waals surface area contributed by atoms with Crippen molar-refractivity contribution in [2.24, 2.45) is 0 Å². The highest BCUT2D eigenvalue weighted by Gasteiger charge is 2.25. The Balaban J connectivity index is 1.48. The first-order valence-electron chi connectivity index (χ1n) is 11.9. The van der Waals surface area contributed by atoms with Gasteiger partial charge in [-0.05, 0) is 50.4 Å². The summed E-state index contributed by atoms with van der Waals surface area (Å²) in [6, 6.07) is 8.02. The molecule has 2 N–H and O–H groups in total. The number of likely N-dealkylation sites (N-methyl/N-ethyl adjacent to an activating group) is 2. The molecule has 4 aromatic rings. The number of carbonyl (C=O) groups excluding carboxylic acids is 1. The van der Waals surface area contributed by atoms with Crippen LogP contribution < -0.4 is 15.5 Å². The molecule has 3 aromatic heterocycles. The fourth-order valence-electron chi connectivity index (χ4n) is 4.54. The molecular weight excluding hydrogens is 488 g/mol. The Kier molecular flexibility index (Phi) is 6.98. The first-order chi connectivity index (χ1) is 17.9. The van der Waals surface area contributed by atoms with E-state index in [4.69, 9.17) is 16.6 Å². The quantitative estimate of drug-likeness (QED) is 0.341. The summed E-state index contributed by atoms with van der Waals surface area (Å²) in [7, 11) is 4.18. The van der Waals surface area contributed by atoms with Gasteiger partial charge < -0.3 is 20.4 Å². The second kappa shape index (κ2) is 10.5. The zero-order chi connectivity index (χ0) is 25.9. The first-order valence-corrected chi connectivity index (χ1v) is 12.3. The van der Waals surface area contributed by atoms with Gasteiger partial charge in [0.1, 0.15) is 0 Å². The molecule has 0 radical (unpaired) electrons. The van der Waals surface area contributed by atoms with Gasteiger partial charge in [0.15, 0.2) is 0 Å². The molecule has 0 spiro atoms. The summed E-state index contributed by atoms with van der Waals surface area (Å²) in [6.07, 6.45) is 10.8. The fraction of sp³-hybridized carbons (Fsp3) is 0.222. The van der Waals surface area contributed by atoms with Gasteiger partial charge >= 0.3 is 0 Å². The SMILES string of the molecule is C=CC(=O)Nc1cc(Nc2ncc3cncc(-c4cncc(Cl)c4)c3n2)ccc1N(C)C1CCN(C)C1. The number of rotatable bonds is 7. The lowest BCUT2D eigenvalue weighted by Gasteiger charge is -2.29. The van der Waals surface area contributed by atoms with E-state index in [1.165, 1.54) is 6.08 Å². The van der Waals surface area contributed by atoms with Crippen molar-refractivity contribution in [1.29, 1.82) is 0 Å². The fourth-order valence-corrected chi connectivity index (χ4v) is 4.72. The third-order valence-electron chi connectivity index (χ3n) is 6.50. The zero-order valence-electron chi connectivity index (χ0n) is 20.6. The molecule has 0 bridgehead atoms. The molecule has 37 heavy (non-hydrogen) atoms. The lowest BCUT2D eigenvalue weighted by molar-refractivity contribution is -0.111. The molecule has 0 aliphatic carbocycles. The number of nitrogens with zero attached hydrogens (tertiary/aromatic N) is 6. The Labute approximate surface area is 220 Å². The van der Waals surface area contributed by atoms with Gasteiger partial charge in [-0.25, -0.2) is 9.97 Å².